The number of rotatable bonds is 4. The van der Waals surface area contributed by atoms with Crippen LogP contribution in [0.1, 0.15) is 18.5 Å². The number of alkyl halides is 2. The van der Waals surface area contributed by atoms with Crippen molar-refractivity contribution in [2.45, 2.75) is 17.8 Å². The second kappa shape index (κ2) is 6.42. The lowest BCUT2D eigenvalue weighted by Gasteiger charge is -2.21. The Morgan fingerprint density at radius 2 is 1.90 bits per heavy atom. The molecule has 0 radical (unpaired) electrons. The molecule has 0 aromatic heterocycles. The fraction of sp³-hybridized carbons (Fsp3) is 0.333. The van der Waals surface area contributed by atoms with Crippen molar-refractivity contribution in [3.63, 3.8) is 0 Å². The van der Waals surface area contributed by atoms with Crippen molar-refractivity contribution in [1.29, 1.82) is 0 Å². The largest absolute Gasteiger partial charge is 0.349 e. The number of allylic oxidation sites excluding steroid dienone is 2. The number of nitrogens with one attached hydrogen (secondary N) is 1. The van der Waals surface area contributed by atoms with E-state index in [4.69, 9.17) is 23.2 Å². The van der Waals surface area contributed by atoms with E-state index in [2.05, 4.69) is 5.32 Å². The maximum Gasteiger partial charge on any atom is 0.232 e. The van der Waals surface area contributed by atoms with Gasteiger partial charge in [0.1, 0.15) is 10.8 Å². The van der Waals surface area contributed by atoms with Crippen LogP contribution >= 0.6 is 23.2 Å². The number of hydrogen-bond acceptors (Lipinski definition) is 2. The maximum atomic E-state index is 12.3. The lowest BCUT2D eigenvalue weighted by Crippen LogP contribution is -2.39. The molecule has 1 aromatic carbocycles. The standard InChI is InChI=1S/C15H15Cl2NO2/c1-9(10-5-3-2-4-6-10)18-15(20)13-11(14(16)17)7-8-12(13)19/h2-9,11,13-14H,1H3,(H,18,20)/t9-,11?,13?/m1/s1. The third-order valence-corrected chi connectivity index (χ3v) is 3.99. The highest BCUT2D eigenvalue weighted by atomic mass is 35.5. The van der Waals surface area contributed by atoms with E-state index in [9.17, 15) is 9.59 Å². The highest BCUT2D eigenvalue weighted by molar-refractivity contribution is 6.45. The molecule has 5 heteroatoms. The summed E-state index contributed by atoms with van der Waals surface area (Å²) in [6.45, 7) is 1.87. The average Bonchev–Trinajstić information content (AvgIpc) is 2.81. The molecule has 0 saturated heterocycles. The fourth-order valence-corrected chi connectivity index (χ4v) is 2.73. The number of amides is 1. The molecule has 2 unspecified atom stereocenters. The van der Waals surface area contributed by atoms with Crippen molar-refractivity contribution in [2.75, 3.05) is 0 Å². The van der Waals surface area contributed by atoms with E-state index in [0.29, 0.717) is 0 Å². The predicted octanol–water partition coefficient (Wildman–Crippen LogP) is 3.04. The van der Waals surface area contributed by atoms with Crippen molar-refractivity contribution >= 4 is 34.9 Å². The van der Waals surface area contributed by atoms with Crippen LogP contribution < -0.4 is 5.32 Å². The summed E-state index contributed by atoms with van der Waals surface area (Å²) in [5, 5.41) is 2.84. The van der Waals surface area contributed by atoms with Crippen LogP contribution in [0.4, 0.5) is 0 Å². The summed E-state index contributed by atoms with van der Waals surface area (Å²) in [4.78, 5) is 23.3. The van der Waals surface area contributed by atoms with Crippen LogP contribution in [0.25, 0.3) is 0 Å². The maximum absolute atomic E-state index is 12.3. The highest BCUT2D eigenvalue weighted by Gasteiger charge is 2.39. The monoisotopic (exact) mass is 311 g/mol. The van der Waals surface area contributed by atoms with E-state index in [-0.39, 0.29) is 17.7 Å². The van der Waals surface area contributed by atoms with E-state index < -0.39 is 16.7 Å². The van der Waals surface area contributed by atoms with Crippen molar-refractivity contribution in [3.05, 3.63) is 48.0 Å². The van der Waals surface area contributed by atoms with Crippen molar-refractivity contribution in [3.8, 4) is 0 Å². The second-order valence-corrected chi connectivity index (χ2v) is 5.96. The van der Waals surface area contributed by atoms with Gasteiger partial charge in [-0.1, -0.05) is 36.4 Å². The Bertz CT molecular complexity index is 528. The van der Waals surface area contributed by atoms with E-state index in [1.807, 2.05) is 37.3 Å². The van der Waals surface area contributed by atoms with Gasteiger partial charge in [-0.3, -0.25) is 9.59 Å². The highest BCUT2D eigenvalue weighted by Crippen LogP contribution is 2.31. The van der Waals surface area contributed by atoms with Crippen LogP contribution in [-0.2, 0) is 9.59 Å². The lowest BCUT2D eigenvalue weighted by atomic mass is 9.94. The van der Waals surface area contributed by atoms with Crippen LogP contribution in [0.5, 0.6) is 0 Å². The van der Waals surface area contributed by atoms with Gasteiger partial charge >= 0.3 is 0 Å². The van der Waals surface area contributed by atoms with E-state index in [0.717, 1.165) is 5.56 Å². The Morgan fingerprint density at radius 3 is 2.50 bits per heavy atom. The summed E-state index contributed by atoms with van der Waals surface area (Å²) in [7, 11) is 0. The number of carbonyl (C=O) groups is 2. The summed E-state index contributed by atoms with van der Waals surface area (Å²) >= 11 is 11.6. The zero-order chi connectivity index (χ0) is 14.7. The van der Waals surface area contributed by atoms with Crippen molar-refractivity contribution in [2.24, 2.45) is 11.8 Å². The molecule has 0 spiro atoms. The van der Waals surface area contributed by atoms with Crippen molar-refractivity contribution < 1.29 is 9.59 Å². The van der Waals surface area contributed by atoms with Crippen LogP contribution in [0.2, 0.25) is 0 Å². The summed E-state index contributed by atoms with van der Waals surface area (Å²) in [5.74, 6) is -1.89. The van der Waals surface area contributed by atoms with Crippen LogP contribution in [0, 0.1) is 11.8 Å². The predicted molar refractivity (Wildman–Crippen MR) is 79.6 cm³/mol. The Balaban J connectivity index is 2.06. The molecule has 106 valence electrons. The van der Waals surface area contributed by atoms with Gasteiger partial charge < -0.3 is 5.32 Å². The lowest BCUT2D eigenvalue weighted by molar-refractivity contribution is -0.132. The van der Waals surface area contributed by atoms with Crippen LogP contribution in [-0.4, -0.2) is 16.5 Å². The molecule has 1 amide bonds. The number of hydrogen-bond donors (Lipinski definition) is 1. The van der Waals surface area contributed by atoms with Gasteiger partial charge in [-0.25, -0.2) is 0 Å². The molecule has 0 heterocycles. The molecule has 0 saturated carbocycles. The molecule has 2 rings (SSSR count). The van der Waals surface area contributed by atoms with Gasteiger partial charge in [-0.15, -0.1) is 23.2 Å². The number of benzene rings is 1. The first-order chi connectivity index (χ1) is 9.50. The summed E-state index contributed by atoms with van der Waals surface area (Å²) in [6, 6.07) is 9.37. The Morgan fingerprint density at radius 1 is 1.25 bits per heavy atom. The molecular weight excluding hydrogens is 297 g/mol. The molecule has 3 nitrogen and oxygen atoms in total. The van der Waals surface area contributed by atoms with Crippen LogP contribution in [0.15, 0.2) is 42.5 Å². The van der Waals surface area contributed by atoms with Gasteiger partial charge in [-0.05, 0) is 18.6 Å². The Labute approximate surface area is 127 Å². The molecule has 1 N–H and O–H groups in total. The minimum Gasteiger partial charge on any atom is -0.349 e. The van der Waals surface area contributed by atoms with Gasteiger partial charge in [0.2, 0.25) is 5.91 Å². The van der Waals surface area contributed by atoms with Crippen molar-refractivity contribution in [1.82, 2.24) is 5.32 Å². The Hall–Kier alpha value is -1.32. The summed E-state index contributed by atoms with van der Waals surface area (Å²) in [6.07, 6.45) is 2.98. The SMILES string of the molecule is C[C@@H](NC(=O)C1C(=O)C=CC1C(Cl)Cl)c1ccccc1. The molecule has 20 heavy (non-hydrogen) atoms. The quantitative estimate of drug-likeness (QED) is 0.686. The molecule has 1 aliphatic rings. The first kappa shape index (κ1) is 15.1. The molecule has 0 aliphatic heterocycles. The number of carbonyl (C=O) groups excluding carboxylic acids is 2. The van der Waals surface area contributed by atoms with E-state index in [1.165, 1.54) is 6.08 Å². The first-order valence-electron chi connectivity index (χ1n) is 6.36. The molecule has 0 fully saturated rings. The smallest absolute Gasteiger partial charge is 0.232 e. The Kier molecular flexibility index (Phi) is 4.84. The third-order valence-electron chi connectivity index (χ3n) is 3.41. The van der Waals surface area contributed by atoms with E-state index in [1.54, 1.807) is 6.08 Å². The average molecular weight is 312 g/mol. The van der Waals surface area contributed by atoms with Crippen LogP contribution in [0.3, 0.4) is 0 Å². The van der Waals surface area contributed by atoms with Gasteiger partial charge in [0.15, 0.2) is 5.78 Å². The fourth-order valence-electron chi connectivity index (χ4n) is 2.27. The van der Waals surface area contributed by atoms with Gasteiger partial charge in [0.05, 0.1) is 6.04 Å². The minimum absolute atomic E-state index is 0.179. The minimum atomic E-state index is -0.832. The van der Waals surface area contributed by atoms with Gasteiger partial charge in [0.25, 0.3) is 0 Å². The summed E-state index contributed by atoms with van der Waals surface area (Å²) < 4.78 is 0. The second-order valence-electron chi connectivity index (χ2n) is 4.79. The zero-order valence-corrected chi connectivity index (χ0v) is 12.4. The number of halogens is 2. The van der Waals surface area contributed by atoms with E-state index >= 15 is 0 Å². The molecular formula is C15H15Cl2NO2. The molecule has 1 aliphatic carbocycles. The van der Waals surface area contributed by atoms with Gasteiger partial charge in [-0.2, -0.15) is 0 Å². The number of ketones is 1. The first-order valence-corrected chi connectivity index (χ1v) is 7.23. The normalized spacial score (nSPS) is 23.1. The zero-order valence-electron chi connectivity index (χ0n) is 10.9. The van der Waals surface area contributed by atoms with Gasteiger partial charge in [0, 0.05) is 5.92 Å². The molecule has 0 bridgehead atoms. The topological polar surface area (TPSA) is 46.2 Å². The molecule has 1 aromatic rings. The summed E-state index contributed by atoms with van der Waals surface area (Å²) in [5.41, 5.74) is 0.976. The third kappa shape index (κ3) is 3.22. The molecule has 3 atom stereocenters.